The van der Waals surface area contributed by atoms with Crippen LogP contribution in [0.5, 0.6) is 0 Å². The van der Waals surface area contributed by atoms with E-state index in [1.165, 1.54) is 31.2 Å². The molecule has 7 nitrogen and oxygen atoms in total. The molecule has 25 heavy (non-hydrogen) atoms. The Kier molecular flexibility index (Phi) is 5.36. The second-order valence-corrected chi connectivity index (χ2v) is 7.64. The van der Waals surface area contributed by atoms with E-state index >= 15 is 0 Å². The molecule has 134 valence electrons. The number of benzene rings is 1. The molecule has 0 spiro atoms. The normalized spacial score (nSPS) is 11.6. The van der Waals surface area contributed by atoms with E-state index < -0.39 is 21.8 Å². The van der Waals surface area contributed by atoms with Gasteiger partial charge in [0.15, 0.2) is 0 Å². The second kappa shape index (κ2) is 7.14. The molecule has 0 aliphatic heterocycles. The Labute approximate surface area is 145 Å². The van der Waals surface area contributed by atoms with Crippen molar-refractivity contribution in [2.75, 3.05) is 10.5 Å². The number of aromatic carboxylic acids is 1. The van der Waals surface area contributed by atoms with E-state index in [2.05, 4.69) is 14.7 Å². The fraction of sp³-hybridized carbons (Fsp3) is 0.312. The largest absolute Gasteiger partial charge is 0.478 e. The number of nitrogens with one attached hydrogen (secondary N) is 1. The minimum Gasteiger partial charge on any atom is -0.478 e. The van der Waals surface area contributed by atoms with Gasteiger partial charge in [-0.05, 0) is 37.1 Å². The SMILES string of the molecule is CCS(=O)(=O)Nc1nc(-c2ccc(F)cc2)c(C(=O)O)c(C(C)C)n1. The maximum Gasteiger partial charge on any atom is 0.339 e. The fourth-order valence-electron chi connectivity index (χ4n) is 2.18. The van der Waals surface area contributed by atoms with Gasteiger partial charge in [0.1, 0.15) is 11.4 Å². The highest BCUT2D eigenvalue weighted by atomic mass is 32.2. The lowest BCUT2D eigenvalue weighted by molar-refractivity contribution is 0.0695. The van der Waals surface area contributed by atoms with Crippen LogP contribution in [0.15, 0.2) is 24.3 Å². The summed E-state index contributed by atoms with van der Waals surface area (Å²) in [5.74, 6) is -2.41. The first-order valence-corrected chi connectivity index (χ1v) is 9.21. The first kappa shape index (κ1) is 18.8. The molecule has 0 radical (unpaired) electrons. The molecule has 0 fully saturated rings. The van der Waals surface area contributed by atoms with Gasteiger partial charge in [0, 0.05) is 5.56 Å². The summed E-state index contributed by atoms with van der Waals surface area (Å²) in [6.07, 6.45) is 0. The standard InChI is InChI=1S/C16H18FN3O4S/c1-4-25(23,24)20-16-18-13(9(2)3)12(15(21)22)14(19-16)10-5-7-11(17)8-6-10/h5-9H,4H2,1-3H3,(H,21,22)(H,18,19,20). The number of carbonyl (C=O) groups is 1. The van der Waals surface area contributed by atoms with Gasteiger partial charge in [-0.3, -0.25) is 4.72 Å². The third-order valence-corrected chi connectivity index (χ3v) is 4.70. The molecular weight excluding hydrogens is 349 g/mol. The first-order valence-electron chi connectivity index (χ1n) is 7.56. The molecule has 0 aliphatic rings. The number of halogens is 1. The van der Waals surface area contributed by atoms with E-state index in [-0.39, 0.29) is 34.6 Å². The molecule has 0 saturated carbocycles. The van der Waals surface area contributed by atoms with Gasteiger partial charge in [-0.1, -0.05) is 13.8 Å². The summed E-state index contributed by atoms with van der Waals surface area (Å²) in [6.45, 7) is 4.93. The van der Waals surface area contributed by atoms with Gasteiger partial charge in [-0.2, -0.15) is 0 Å². The number of carboxylic acid groups (broad SMARTS) is 1. The lowest BCUT2D eigenvalue weighted by Crippen LogP contribution is -2.19. The van der Waals surface area contributed by atoms with Crippen molar-refractivity contribution < 1.29 is 22.7 Å². The summed E-state index contributed by atoms with van der Waals surface area (Å²) >= 11 is 0. The summed E-state index contributed by atoms with van der Waals surface area (Å²) in [6, 6.07) is 5.11. The van der Waals surface area contributed by atoms with Gasteiger partial charge in [-0.15, -0.1) is 0 Å². The van der Waals surface area contributed by atoms with Crippen molar-refractivity contribution in [3.05, 3.63) is 41.3 Å². The monoisotopic (exact) mass is 367 g/mol. The van der Waals surface area contributed by atoms with Crippen molar-refractivity contribution in [2.45, 2.75) is 26.7 Å². The van der Waals surface area contributed by atoms with Gasteiger partial charge in [0.25, 0.3) is 0 Å². The molecule has 2 rings (SSSR count). The van der Waals surface area contributed by atoms with E-state index in [1.807, 2.05) is 0 Å². The van der Waals surface area contributed by atoms with Crippen LogP contribution < -0.4 is 4.72 Å². The third-order valence-electron chi connectivity index (χ3n) is 3.44. The molecule has 1 aromatic carbocycles. The van der Waals surface area contributed by atoms with Crippen LogP contribution in [0.1, 0.15) is 42.7 Å². The molecule has 0 saturated heterocycles. The van der Waals surface area contributed by atoms with Gasteiger partial charge < -0.3 is 5.11 Å². The molecule has 1 heterocycles. The molecule has 0 amide bonds. The predicted molar refractivity (Wildman–Crippen MR) is 91.6 cm³/mol. The minimum absolute atomic E-state index is 0.0278. The topological polar surface area (TPSA) is 109 Å². The van der Waals surface area contributed by atoms with Crippen molar-refractivity contribution in [3.63, 3.8) is 0 Å². The lowest BCUT2D eigenvalue weighted by atomic mass is 9.98. The average molecular weight is 367 g/mol. The van der Waals surface area contributed by atoms with Crippen molar-refractivity contribution in [1.82, 2.24) is 9.97 Å². The smallest absolute Gasteiger partial charge is 0.339 e. The molecule has 9 heteroatoms. The van der Waals surface area contributed by atoms with Crippen LogP contribution in [-0.4, -0.2) is 35.2 Å². The highest BCUT2D eigenvalue weighted by Crippen LogP contribution is 2.29. The number of sulfonamides is 1. The number of hydrogen-bond acceptors (Lipinski definition) is 5. The maximum absolute atomic E-state index is 13.2. The van der Waals surface area contributed by atoms with Crippen molar-refractivity contribution in [3.8, 4) is 11.3 Å². The van der Waals surface area contributed by atoms with E-state index in [1.54, 1.807) is 13.8 Å². The van der Waals surface area contributed by atoms with Gasteiger partial charge >= 0.3 is 5.97 Å². The van der Waals surface area contributed by atoms with Crippen LogP contribution in [0.2, 0.25) is 0 Å². The molecule has 2 N–H and O–H groups in total. The number of aromatic nitrogens is 2. The number of hydrogen-bond donors (Lipinski definition) is 2. The summed E-state index contributed by atoms with van der Waals surface area (Å²) in [4.78, 5) is 19.9. The van der Waals surface area contributed by atoms with Crippen LogP contribution in [0.25, 0.3) is 11.3 Å². The van der Waals surface area contributed by atoms with Crippen molar-refractivity contribution in [1.29, 1.82) is 0 Å². The van der Waals surface area contributed by atoms with Crippen molar-refractivity contribution >= 4 is 21.9 Å². The summed E-state index contributed by atoms with van der Waals surface area (Å²) in [5.41, 5.74) is 0.428. The van der Waals surface area contributed by atoms with E-state index in [0.29, 0.717) is 5.56 Å². The Morgan fingerprint density at radius 1 is 1.24 bits per heavy atom. The molecule has 2 aromatic rings. The molecule has 0 bridgehead atoms. The third kappa shape index (κ3) is 4.30. The number of rotatable bonds is 6. The van der Waals surface area contributed by atoms with Crippen LogP contribution in [0, 0.1) is 5.82 Å². The molecule has 1 aromatic heterocycles. The zero-order chi connectivity index (χ0) is 18.8. The van der Waals surface area contributed by atoms with E-state index in [0.717, 1.165) is 0 Å². The Bertz CT molecular complexity index is 896. The van der Waals surface area contributed by atoms with Gasteiger partial charge in [-0.25, -0.2) is 27.6 Å². The highest BCUT2D eigenvalue weighted by molar-refractivity contribution is 7.92. The van der Waals surface area contributed by atoms with Gasteiger partial charge in [0.2, 0.25) is 16.0 Å². The van der Waals surface area contributed by atoms with Crippen LogP contribution in [0.4, 0.5) is 10.3 Å². The van der Waals surface area contributed by atoms with E-state index in [9.17, 15) is 22.7 Å². The number of carboxylic acids is 1. The Hall–Kier alpha value is -2.55. The zero-order valence-electron chi connectivity index (χ0n) is 13.9. The Morgan fingerprint density at radius 2 is 1.84 bits per heavy atom. The molecule has 0 atom stereocenters. The Morgan fingerprint density at radius 3 is 2.32 bits per heavy atom. The number of anilines is 1. The Balaban J connectivity index is 2.75. The van der Waals surface area contributed by atoms with Crippen LogP contribution in [0.3, 0.4) is 0 Å². The minimum atomic E-state index is -3.64. The van der Waals surface area contributed by atoms with Crippen LogP contribution in [-0.2, 0) is 10.0 Å². The second-order valence-electron chi connectivity index (χ2n) is 5.63. The molecule has 0 aliphatic carbocycles. The van der Waals surface area contributed by atoms with E-state index in [4.69, 9.17) is 0 Å². The number of nitrogens with zero attached hydrogens (tertiary/aromatic N) is 2. The first-order chi connectivity index (χ1) is 11.6. The average Bonchev–Trinajstić information content (AvgIpc) is 2.54. The summed E-state index contributed by atoms with van der Waals surface area (Å²) in [5, 5.41) is 9.59. The maximum atomic E-state index is 13.2. The summed E-state index contributed by atoms with van der Waals surface area (Å²) in [7, 11) is -3.64. The highest BCUT2D eigenvalue weighted by Gasteiger charge is 2.24. The quantitative estimate of drug-likeness (QED) is 0.812. The lowest BCUT2D eigenvalue weighted by Gasteiger charge is -2.15. The van der Waals surface area contributed by atoms with Crippen molar-refractivity contribution in [2.24, 2.45) is 0 Å². The van der Waals surface area contributed by atoms with Crippen LogP contribution >= 0.6 is 0 Å². The molecule has 0 unspecified atom stereocenters. The molecular formula is C16H18FN3O4S. The zero-order valence-corrected chi connectivity index (χ0v) is 14.8. The fourth-order valence-corrected chi connectivity index (χ4v) is 2.69. The van der Waals surface area contributed by atoms with Gasteiger partial charge in [0.05, 0.1) is 17.1 Å². The summed E-state index contributed by atoms with van der Waals surface area (Å²) < 4.78 is 39.0. The predicted octanol–water partition coefficient (Wildman–Crippen LogP) is 2.87.